The Kier molecular flexibility index (Phi) is 3.38. The molecular formula is C15H12FN3O3. The van der Waals surface area contributed by atoms with E-state index >= 15 is 0 Å². The number of oxazole rings is 1. The molecule has 3 rings (SSSR count). The van der Waals surface area contributed by atoms with Crippen molar-refractivity contribution in [2.45, 2.75) is 6.54 Å². The topological polar surface area (TPSA) is 90.3 Å². The number of carbonyl (C=O) groups excluding carboxylic acids is 1. The van der Waals surface area contributed by atoms with Gasteiger partial charge in [0.05, 0.1) is 5.69 Å². The first-order valence-corrected chi connectivity index (χ1v) is 6.48. The summed E-state index contributed by atoms with van der Waals surface area (Å²) in [4.78, 5) is 23.9. The minimum Gasteiger partial charge on any atom is -0.408 e. The molecule has 0 saturated heterocycles. The van der Waals surface area contributed by atoms with Gasteiger partial charge in [-0.3, -0.25) is 9.36 Å². The molecular weight excluding hydrogens is 289 g/mol. The Hall–Kier alpha value is -3.09. The molecule has 0 spiro atoms. The number of benzene rings is 2. The predicted octanol–water partition coefficient (Wildman–Crippen LogP) is 1.95. The van der Waals surface area contributed by atoms with Gasteiger partial charge >= 0.3 is 5.76 Å². The number of aromatic nitrogens is 1. The van der Waals surface area contributed by atoms with Crippen LogP contribution in [0, 0.1) is 5.82 Å². The largest absolute Gasteiger partial charge is 0.420 e. The van der Waals surface area contributed by atoms with E-state index in [1.54, 1.807) is 18.2 Å². The second kappa shape index (κ2) is 5.36. The van der Waals surface area contributed by atoms with Gasteiger partial charge in [0.25, 0.3) is 0 Å². The predicted molar refractivity (Wildman–Crippen MR) is 79.9 cm³/mol. The van der Waals surface area contributed by atoms with Crippen molar-refractivity contribution in [3.63, 3.8) is 0 Å². The third-order valence-corrected chi connectivity index (χ3v) is 3.15. The molecule has 7 heteroatoms. The maximum Gasteiger partial charge on any atom is 0.420 e. The Morgan fingerprint density at radius 3 is 2.68 bits per heavy atom. The summed E-state index contributed by atoms with van der Waals surface area (Å²) in [7, 11) is 0. The lowest BCUT2D eigenvalue weighted by Crippen LogP contribution is -2.25. The maximum absolute atomic E-state index is 12.8. The van der Waals surface area contributed by atoms with E-state index in [9.17, 15) is 14.0 Å². The first-order chi connectivity index (χ1) is 10.5. The molecule has 2 aromatic carbocycles. The van der Waals surface area contributed by atoms with E-state index in [2.05, 4.69) is 5.32 Å². The van der Waals surface area contributed by atoms with Gasteiger partial charge in [0.1, 0.15) is 17.9 Å². The first-order valence-electron chi connectivity index (χ1n) is 6.48. The Morgan fingerprint density at radius 1 is 1.23 bits per heavy atom. The van der Waals surface area contributed by atoms with Crippen LogP contribution in [0.2, 0.25) is 0 Å². The van der Waals surface area contributed by atoms with Crippen LogP contribution >= 0.6 is 0 Å². The zero-order chi connectivity index (χ0) is 15.7. The van der Waals surface area contributed by atoms with E-state index in [4.69, 9.17) is 10.2 Å². The van der Waals surface area contributed by atoms with E-state index < -0.39 is 17.5 Å². The summed E-state index contributed by atoms with van der Waals surface area (Å²) < 4.78 is 19.0. The molecule has 0 bridgehead atoms. The fraction of sp³-hybridized carbons (Fsp3) is 0.0667. The SMILES string of the molecule is Nc1cccc2oc(=O)n(CC(=O)Nc3ccc(F)cc3)c12. The quantitative estimate of drug-likeness (QED) is 0.723. The first kappa shape index (κ1) is 13.9. The summed E-state index contributed by atoms with van der Waals surface area (Å²) in [5.41, 5.74) is 7.29. The van der Waals surface area contributed by atoms with Gasteiger partial charge < -0.3 is 15.5 Å². The van der Waals surface area contributed by atoms with Crippen LogP contribution < -0.4 is 16.8 Å². The Bertz CT molecular complexity index is 897. The van der Waals surface area contributed by atoms with Crippen molar-refractivity contribution in [1.82, 2.24) is 4.57 Å². The van der Waals surface area contributed by atoms with Crippen LogP contribution in [0.3, 0.4) is 0 Å². The smallest absolute Gasteiger partial charge is 0.408 e. The summed E-state index contributed by atoms with van der Waals surface area (Å²) in [5.74, 6) is -1.51. The second-order valence-electron chi connectivity index (χ2n) is 4.70. The number of rotatable bonds is 3. The van der Waals surface area contributed by atoms with Crippen molar-refractivity contribution in [3.05, 3.63) is 58.8 Å². The van der Waals surface area contributed by atoms with Crippen LogP contribution in [0.4, 0.5) is 15.8 Å². The number of fused-ring (bicyclic) bond motifs is 1. The summed E-state index contributed by atoms with van der Waals surface area (Å²) >= 11 is 0. The van der Waals surface area contributed by atoms with Gasteiger partial charge in [-0.25, -0.2) is 9.18 Å². The minimum absolute atomic E-state index is 0.253. The van der Waals surface area contributed by atoms with Crippen molar-refractivity contribution in [1.29, 1.82) is 0 Å². The molecule has 1 heterocycles. The molecule has 112 valence electrons. The van der Waals surface area contributed by atoms with Gasteiger partial charge in [0.2, 0.25) is 5.91 Å². The zero-order valence-corrected chi connectivity index (χ0v) is 11.4. The average Bonchev–Trinajstić information content (AvgIpc) is 2.79. The highest BCUT2D eigenvalue weighted by molar-refractivity contribution is 5.92. The number of para-hydroxylation sites is 1. The van der Waals surface area contributed by atoms with Crippen LogP contribution in [0.25, 0.3) is 11.1 Å². The van der Waals surface area contributed by atoms with E-state index in [-0.39, 0.29) is 6.54 Å². The lowest BCUT2D eigenvalue weighted by atomic mass is 10.3. The van der Waals surface area contributed by atoms with Crippen LogP contribution in [-0.4, -0.2) is 10.5 Å². The van der Waals surface area contributed by atoms with Gasteiger partial charge in [0.15, 0.2) is 5.58 Å². The fourth-order valence-corrected chi connectivity index (χ4v) is 2.17. The molecule has 0 aliphatic rings. The lowest BCUT2D eigenvalue weighted by molar-refractivity contribution is -0.116. The fourth-order valence-electron chi connectivity index (χ4n) is 2.17. The molecule has 3 N–H and O–H groups in total. The molecule has 1 amide bonds. The summed E-state index contributed by atoms with van der Waals surface area (Å²) in [6.07, 6.45) is 0. The monoisotopic (exact) mass is 301 g/mol. The summed E-state index contributed by atoms with van der Waals surface area (Å²) in [6, 6.07) is 10.2. The Balaban J connectivity index is 1.87. The number of halogens is 1. The van der Waals surface area contributed by atoms with Gasteiger partial charge in [-0.2, -0.15) is 0 Å². The molecule has 0 saturated carbocycles. The van der Waals surface area contributed by atoms with E-state index in [0.717, 1.165) is 4.57 Å². The normalized spacial score (nSPS) is 10.8. The van der Waals surface area contributed by atoms with Crippen LogP contribution in [0.1, 0.15) is 0 Å². The molecule has 6 nitrogen and oxygen atoms in total. The number of nitrogens with two attached hydrogens (primary N) is 1. The number of nitrogens with one attached hydrogen (secondary N) is 1. The number of nitrogens with zero attached hydrogens (tertiary/aromatic N) is 1. The van der Waals surface area contributed by atoms with Gasteiger partial charge in [-0.1, -0.05) is 6.07 Å². The van der Waals surface area contributed by atoms with Crippen LogP contribution in [0.15, 0.2) is 51.7 Å². The lowest BCUT2D eigenvalue weighted by Gasteiger charge is -2.06. The van der Waals surface area contributed by atoms with Crippen molar-refractivity contribution in [3.8, 4) is 0 Å². The number of nitrogen functional groups attached to an aromatic ring is 1. The van der Waals surface area contributed by atoms with E-state index in [1.165, 1.54) is 24.3 Å². The highest BCUT2D eigenvalue weighted by atomic mass is 19.1. The number of hydrogen-bond acceptors (Lipinski definition) is 4. The Labute approximate surface area is 124 Å². The zero-order valence-electron chi connectivity index (χ0n) is 11.4. The average molecular weight is 301 g/mol. The number of hydrogen-bond donors (Lipinski definition) is 2. The standard InChI is InChI=1S/C15H12FN3O3/c16-9-4-6-10(7-5-9)18-13(20)8-19-14-11(17)2-1-3-12(14)22-15(19)21/h1-7H,8,17H2,(H,18,20). The molecule has 0 radical (unpaired) electrons. The number of amides is 1. The third-order valence-electron chi connectivity index (χ3n) is 3.15. The molecule has 0 aliphatic heterocycles. The molecule has 0 atom stereocenters. The third kappa shape index (κ3) is 2.56. The highest BCUT2D eigenvalue weighted by Crippen LogP contribution is 2.19. The molecule has 0 aliphatic carbocycles. The second-order valence-corrected chi connectivity index (χ2v) is 4.70. The van der Waals surface area contributed by atoms with E-state index in [0.29, 0.717) is 22.5 Å². The molecule has 0 unspecified atom stereocenters. The maximum atomic E-state index is 12.8. The van der Waals surface area contributed by atoms with Crippen molar-refractivity contribution in [2.24, 2.45) is 0 Å². The summed E-state index contributed by atoms with van der Waals surface area (Å²) in [5, 5.41) is 2.57. The Morgan fingerprint density at radius 2 is 1.95 bits per heavy atom. The molecule has 3 aromatic rings. The van der Waals surface area contributed by atoms with Gasteiger partial charge in [0, 0.05) is 5.69 Å². The number of anilines is 2. The van der Waals surface area contributed by atoms with Crippen molar-refractivity contribution in [2.75, 3.05) is 11.1 Å². The molecule has 22 heavy (non-hydrogen) atoms. The molecule has 1 aromatic heterocycles. The van der Waals surface area contributed by atoms with E-state index in [1.807, 2.05) is 0 Å². The highest BCUT2D eigenvalue weighted by Gasteiger charge is 2.14. The van der Waals surface area contributed by atoms with Crippen LogP contribution in [0.5, 0.6) is 0 Å². The summed E-state index contributed by atoms with van der Waals surface area (Å²) in [6.45, 7) is -0.253. The van der Waals surface area contributed by atoms with Crippen molar-refractivity contribution >= 4 is 28.4 Å². The van der Waals surface area contributed by atoms with Crippen LogP contribution in [-0.2, 0) is 11.3 Å². The molecule has 0 fully saturated rings. The number of carbonyl (C=O) groups is 1. The van der Waals surface area contributed by atoms with Gasteiger partial charge in [-0.15, -0.1) is 0 Å². The van der Waals surface area contributed by atoms with Crippen molar-refractivity contribution < 1.29 is 13.6 Å². The minimum atomic E-state index is -0.665. The van der Waals surface area contributed by atoms with Gasteiger partial charge in [-0.05, 0) is 36.4 Å².